The van der Waals surface area contributed by atoms with Gasteiger partial charge in [0.05, 0.1) is 37.8 Å². The normalized spacial score (nSPS) is 31.8. The molecule has 4 aliphatic rings. The van der Waals surface area contributed by atoms with E-state index in [1.54, 1.807) is 15.9 Å². The number of amides is 2. The minimum Gasteiger partial charge on any atom is -0.465 e. The Hall–Kier alpha value is -1.79. The molecule has 4 saturated heterocycles. The van der Waals surface area contributed by atoms with Crippen molar-refractivity contribution >= 4 is 33.7 Å². The molecule has 2 bridgehead atoms. The first-order valence-electron chi connectivity index (χ1n) is 14.1. The summed E-state index contributed by atoms with van der Waals surface area (Å²) in [6.07, 6.45) is 6.16. The Morgan fingerprint density at radius 2 is 1.95 bits per heavy atom. The van der Waals surface area contributed by atoms with E-state index >= 15 is 0 Å². The number of unbranched alkanes of at least 4 members (excludes halogenated alkanes) is 2. The summed E-state index contributed by atoms with van der Waals surface area (Å²) in [4.78, 5) is 46.9. The fraction of sp³-hybridized carbons (Fsp3) is 0.750. The quantitative estimate of drug-likeness (QED) is 0.128. The van der Waals surface area contributed by atoms with E-state index in [-0.39, 0.29) is 36.4 Å². The number of fused-ring (bicyclic) bond motifs is 1. The lowest BCUT2D eigenvalue weighted by Gasteiger charge is -2.38. The fourth-order valence-corrected chi connectivity index (χ4v) is 7.47. The Kier molecular flexibility index (Phi) is 10.6. The van der Waals surface area contributed by atoms with Gasteiger partial charge in [-0.1, -0.05) is 28.1 Å². The van der Waals surface area contributed by atoms with Gasteiger partial charge >= 0.3 is 5.97 Å². The van der Waals surface area contributed by atoms with Crippen LogP contribution in [0, 0.1) is 11.8 Å². The molecule has 0 radical (unpaired) electrons. The van der Waals surface area contributed by atoms with Gasteiger partial charge in [0, 0.05) is 50.7 Å². The van der Waals surface area contributed by atoms with Crippen LogP contribution < -0.4 is 0 Å². The monoisotopic (exact) mass is 611 g/mol. The number of likely N-dealkylation sites (tertiary alicyclic amines) is 1. The second-order valence-electron chi connectivity index (χ2n) is 10.8. The van der Waals surface area contributed by atoms with Gasteiger partial charge in [0.25, 0.3) is 0 Å². The number of ether oxygens (including phenoxy) is 3. The molecule has 0 aromatic rings. The van der Waals surface area contributed by atoms with Crippen molar-refractivity contribution in [1.82, 2.24) is 14.7 Å². The molecule has 4 rings (SSSR count). The molecule has 3 unspecified atom stereocenters. The highest BCUT2D eigenvalue weighted by Crippen LogP contribution is 2.60. The van der Waals surface area contributed by atoms with Crippen molar-refractivity contribution in [3.8, 4) is 0 Å². The Bertz CT molecular complexity index is 914. The second-order valence-corrected chi connectivity index (χ2v) is 11.9. The molecule has 1 N–H and O–H groups in total. The van der Waals surface area contributed by atoms with Crippen LogP contribution in [0.3, 0.4) is 0 Å². The summed E-state index contributed by atoms with van der Waals surface area (Å²) in [7, 11) is 0. The lowest BCUT2D eigenvalue weighted by atomic mass is 9.70. The van der Waals surface area contributed by atoms with E-state index in [9.17, 15) is 19.5 Å². The number of halogens is 1. The molecule has 0 aromatic carbocycles. The molecular weight excluding hydrogens is 570 g/mol. The summed E-state index contributed by atoms with van der Waals surface area (Å²) in [5.41, 5.74) is -1.13. The highest BCUT2D eigenvalue weighted by atomic mass is 79.9. The summed E-state index contributed by atoms with van der Waals surface area (Å²) in [6.45, 7) is 12.4. The van der Waals surface area contributed by atoms with E-state index in [2.05, 4.69) is 34.0 Å². The summed E-state index contributed by atoms with van der Waals surface area (Å²) in [5, 5.41) is 9.55. The van der Waals surface area contributed by atoms with E-state index in [1.807, 2.05) is 6.08 Å². The van der Waals surface area contributed by atoms with Gasteiger partial charge in [-0.2, -0.15) is 0 Å². The van der Waals surface area contributed by atoms with Gasteiger partial charge < -0.3 is 29.1 Å². The molecule has 0 aliphatic carbocycles. The average Bonchev–Trinajstić information content (AvgIpc) is 3.53. The van der Waals surface area contributed by atoms with Gasteiger partial charge in [0.2, 0.25) is 11.8 Å². The van der Waals surface area contributed by atoms with Crippen molar-refractivity contribution in [2.24, 2.45) is 11.8 Å². The van der Waals surface area contributed by atoms with Crippen LogP contribution in [0.1, 0.15) is 32.1 Å². The second kappa shape index (κ2) is 13.7. The first-order chi connectivity index (χ1) is 18.9. The molecule has 6 atom stereocenters. The van der Waals surface area contributed by atoms with Crippen molar-refractivity contribution in [1.29, 1.82) is 0 Å². The fourth-order valence-electron chi connectivity index (χ4n) is 6.53. The number of hydrogen-bond acceptors (Lipinski definition) is 8. The number of morpholine rings is 1. The van der Waals surface area contributed by atoms with Crippen LogP contribution in [-0.2, 0) is 28.6 Å². The molecule has 1 spiro atoms. The molecule has 0 saturated carbocycles. The third-order valence-corrected chi connectivity index (χ3v) is 9.20. The lowest BCUT2D eigenvalue weighted by Crippen LogP contribution is -2.57. The molecular formula is C28H42BrN3O7. The number of aliphatic hydroxyl groups excluding tert-OH is 1. The van der Waals surface area contributed by atoms with E-state index in [0.29, 0.717) is 52.1 Å². The number of allylic oxidation sites excluding steroid dienone is 1. The number of esters is 1. The molecule has 4 aliphatic heterocycles. The number of carbonyl (C=O) groups excluding carboxylic acids is 3. The standard InChI is InChI=1S/C28H42BrN3O7/c1-3-5-6-7-16-38-27(36)21-22-25(34)32(10-8-15-33)24(28(22)19-20(29)23(21)39-28)26(35)31(9-4-2)12-11-30-13-17-37-18-14-30/h3-4,20-24,33H,1-2,5-19H2/t20?,21-,22+,23-,24?,28?/m1/s1. The van der Waals surface area contributed by atoms with Gasteiger partial charge in [-0.25, -0.2) is 0 Å². The van der Waals surface area contributed by atoms with Crippen molar-refractivity contribution in [3.63, 3.8) is 0 Å². The number of rotatable bonds is 15. The number of hydrogen-bond donors (Lipinski definition) is 1. The van der Waals surface area contributed by atoms with E-state index in [4.69, 9.17) is 14.2 Å². The highest BCUT2D eigenvalue weighted by molar-refractivity contribution is 9.09. The third kappa shape index (κ3) is 6.12. The molecule has 4 fully saturated rings. The van der Waals surface area contributed by atoms with Crippen LogP contribution in [0.5, 0.6) is 0 Å². The zero-order valence-corrected chi connectivity index (χ0v) is 24.3. The number of nitrogens with zero attached hydrogens (tertiary/aromatic N) is 3. The summed E-state index contributed by atoms with van der Waals surface area (Å²) >= 11 is 3.68. The predicted molar refractivity (Wildman–Crippen MR) is 148 cm³/mol. The maximum atomic E-state index is 14.3. The first kappa shape index (κ1) is 30.2. The Balaban J connectivity index is 1.57. The number of carbonyl (C=O) groups is 3. The molecule has 10 nitrogen and oxygen atoms in total. The van der Waals surface area contributed by atoms with Gasteiger partial charge in [-0.15, -0.1) is 13.2 Å². The van der Waals surface area contributed by atoms with Crippen LogP contribution in [0.4, 0.5) is 0 Å². The van der Waals surface area contributed by atoms with E-state index in [0.717, 1.165) is 25.9 Å². The molecule has 4 heterocycles. The largest absolute Gasteiger partial charge is 0.465 e. The maximum absolute atomic E-state index is 14.3. The van der Waals surface area contributed by atoms with E-state index < -0.39 is 35.6 Å². The van der Waals surface area contributed by atoms with Gasteiger partial charge in [-0.05, 0) is 32.1 Å². The lowest BCUT2D eigenvalue weighted by molar-refractivity contribution is -0.155. The topological polar surface area (TPSA) is 109 Å². The van der Waals surface area contributed by atoms with E-state index in [1.165, 1.54) is 0 Å². The third-order valence-electron chi connectivity index (χ3n) is 8.35. The van der Waals surface area contributed by atoms with Gasteiger partial charge in [-0.3, -0.25) is 19.3 Å². The SMILES string of the molecule is C=CCCCCOC(=O)[C@H]1[C@@H]2OC3(CC2Br)C(C(=O)N(CC=C)CCN2CCOCC2)N(CCCO)C(=O)[C@H]13. The number of aliphatic hydroxyl groups is 1. The van der Waals surface area contributed by atoms with Crippen molar-refractivity contribution < 1.29 is 33.7 Å². The zero-order chi connectivity index (χ0) is 28.0. The average molecular weight is 613 g/mol. The zero-order valence-electron chi connectivity index (χ0n) is 22.7. The Morgan fingerprint density at radius 1 is 1.18 bits per heavy atom. The van der Waals surface area contributed by atoms with Crippen molar-refractivity contribution in [2.45, 2.75) is 54.7 Å². The molecule has 2 amide bonds. The van der Waals surface area contributed by atoms with Crippen molar-refractivity contribution in [3.05, 3.63) is 25.3 Å². The molecule has 0 aromatic heterocycles. The smallest absolute Gasteiger partial charge is 0.312 e. The van der Waals surface area contributed by atoms with Crippen LogP contribution in [0.2, 0.25) is 0 Å². The summed E-state index contributed by atoms with van der Waals surface area (Å²) < 4.78 is 17.6. The Labute approximate surface area is 239 Å². The minimum atomic E-state index is -1.13. The van der Waals surface area contributed by atoms with Gasteiger partial charge in [0.1, 0.15) is 11.6 Å². The van der Waals surface area contributed by atoms with Crippen LogP contribution in [-0.4, -0.2) is 126 Å². The molecule has 39 heavy (non-hydrogen) atoms. The minimum absolute atomic E-state index is 0.115. The summed E-state index contributed by atoms with van der Waals surface area (Å²) in [6, 6.07) is -0.887. The van der Waals surface area contributed by atoms with Crippen LogP contribution in [0.25, 0.3) is 0 Å². The summed E-state index contributed by atoms with van der Waals surface area (Å²) in [5.74, 6) is -2.52. The first-order valence-corrected chi connectivity index (χ1v) is 15.0. The predicted octanol–water partition coefficient (Wildman–Crippen LogP) is 1.36. The molecule has 218 valence electrons. The molecule has 11 heteroatoms. The van der Waals surface area contributed by atoms with Crippen molar-refractivity contribution in [2.75, 3.05) is 65.7 Å². The van der Waals surface area contributed by atoms with Crippen LogP contribution in [0.15, 0.2) is 25.3 Å². The van der Waals surface area contributed by atoms with Gasteiger partial charge in [0.15, 0.2) is 0 Å². The highest BCUT2D eigenvalue weighted by Gasteiger charge is 2.77. The number of alkyl halides is 1. The Morgan fingerprint density at radius 3 is 2.64 bits per heavy atom. The van der Waals surface area contributed by atoms with Crippen LogP contribution >= 0.6 is 15.9 Å². The maximum Gasteiger partial charge on any atom is 0.312 e.